The van der Waals surface area contributed by atoms with Crippen LogP contribution in [0.4, 0.5) is 5.69 Å². The van der Waals surface area contributed by atoms with Crippen LogP contribution in [-0.4, -0.2) is 24.2 Å². The highest BCUT2D eigenvalue weighted by Gasteiger charge is 2.16. The summed E-state index contributed by atoms with van der Waals surface area (Å²) in [5.74, 6) is -0.325. The Kier molecular flexibility index (Phi) is 4.43. The molecule has 1 aromatic rings. The van der Waals surface area contributed by atoms with Crippen LogP contribution in [0.1, 0.15) is 13.3 Å². The summed E-state index contributed by atoms with van der Waals surface area (Å²) in [5.41, 5.74) is 0.587. The molecule has 0 aliphatic carbocycles. The molecule has 0 aromatic heterocycles. The zero-order valence-corrected chi connectivity index (χ0v) is 9.91. The highest BCUT2D eigenvalue weighted by molar-refractivity contribution is 6.30. The molecule has 0 radical (unpaired) electrons. The molecule has 88 valence electrons. The first-order chi connectivity index (χ1) is 7.58. The monoisotopic (exact) mass is 243 g/mol. The highest BCUT2D eigenvalue weighted by atomic mass is 35.5. The molecule has 0 fully saturated rings. The number of methoxy groups -OCH3 is 1. The van der Waals surface area contributed by atoms with E-state index in [2.05, 4.69) is 5.32 Å². The minimum Gasteiger partial charge on any atom is -0.495 e. The van der Waals surface area contributed by atoms with Gasteiger partial charge in [0.2, 0.25) is 0 Å². The minimum atomic E-state index is -0.899. The van der Waals surface area contributed by atoms with Crippen molar-refractivity contribution >= 4 is 23.3 Å². The Hall–Kier alpha value is -1.42. The van der Waals surface area contributed by atoms with Crippen LogP contribution in [-0.2, 0) is 4.79 Å². The van der Waals surface area contributed by atoms with Crippen molar-refractivity contribution in [3.8, 4) is 5.75 Å². The molecule has 0 saturated heterocycles. The summed E-state index contributed by atoms with van der Waals surface area (Å²) in [6.07, 6.45) is 0.477. The van der Waals surface area contributed by atoms with Crippen molar-refractivity contribution in [1.29, 1.82) is 0 Å². The largest absolute Gasteiger partial charge is 0.495 e. The number of anilines is 1. The van der Waals surface area contributed by atoms with E-state index >= 15 is 0 Å². The van der Waals surface area contributed by atoms with Crippen LogP contribution < -0.4 is 10.1 Å². The van der Waals surface area contributed by atoms with Gasteiger partial charge in [-0.05, 0) is 24.6 Å². The zero-order chi connectivity index (χ0) is 12.1. The fraction of sp³-hybridized carbons (Fsp3) is 0.364. The number of ether oxygens (including phenoxy) is 1. The van der Waals surface area contributed by atoms with Crippen LogP contribution >= 0.6 is 11.6 Å². The summed E-state index contributed by atoms with van der Waals surface area (Å²) in [6.45, 7) is 1.79. The molecule has 0 spiro atoms. The van der Waals surface area contributed by atoms with E-state index in [9.17, 15) is 4.79 Å². The predicted octanol–water partition coefficient (Wildman–Crippen LogP) is 2.62. The van der Waals surface area contributed by atoms with Gasteiger partial charge in [-0.1, -0.05) is 18.5 Å². The molecule has 2 N–H and O–H groups in total. The molecule has 0 saturated carbocycles. The molecule has 0 amide bonds. The van der Waals surface area contributed by atoms with E-state index in [1.54, 1.807) is 25.1 Å². The van der Waals surface area contributed by atoms with Gasteiger partial charge < -0.3 is 15.2 Å². The summed E-state index contributed by atoms with van der Waals surface area (Å²) in [5, 5.41) is 12.3. The van der Waals surface area contributed by atoms with Crippen molar-refractivity contribution in [2.24, 2.45) is 0 Å². The quantitative estimate of drug-likeness (QED) is 0.835. The Balaban J connectivity index is 2.93. The van der Waals surface area contributed by atoms with Crippen molar-refractivity contribution in [2.75, 3.05) is 12.4 Å². The number of carbonyl (C=O) groups is 1. The van der Waals surface area contributed by atoms with Crippen LogP contribution in [0, 0.1) is 0 Å². The van der Waals surface area contributed by atoms with Gasteiger partial charge in [-0.2, -0.15) is 0 Å². The summed E-state index contributed by atoms with van der Waals surface area (Å²) in [4.78, 5) is 10.9. The van der Waals surface area contributed by atoms with E-state index in [-0.39, 0.29) is 0 Å². The topological polar surface area (TPSA) is 58.6 Å². The number of hydrogen-bond donors (Lipinski definition) is 2. The molecule has 1 aromatic carbocycles. The molecule has 1 unspecified atom stereocenters. The van der Waals surface area contributed by atoms with Crippen molar-refractivity contribution in [3.63, 3.8) is 0 Å². The van der Waals surface area contributed by atoms with Crippen LogP contribution in [0.2, 0.25) is 5.02 Å². The lowest BCUT2D eigenvalue weighted by molar-refractivity contribution is -0.137. The first-order valence-corrected chi connectivity index (χ1v) is 5.29. The third-order valence-corrected chi connectivity index (χ3v) is 2.43. The third-order valence-electron chi connectivity index (χ3n) is 2.20. The van der Waals surface area contributed by atoms with Crippen molar-refractivity contribution in [2.45, 2.75) is 19.4 Å². The fourth-order valence-corrected chi connectivity index (χ4v) is 1.49. The maximum atomic E-state index is 10.9. The van der Waals surface area contributed by atoms with E-state index in [0.29, 0.717) is 22.9 Å². The second-order valence-electron chi connectivity index (χ2n) is 3.29. The number of carboxylic acids is 1. The lowest BCUT2D eigenvalue weighted by Gasteiger charge is -2.16. The Morgan fingerprint density at radius 1 is 1.62 bits per heavy atom. The fourth-order valence-electron chi connectivity index (χ4n) is 1.32. The number of benzene rings is 1. The molecule has 1 rings (SSSR count). The summed E-state index contributed by atoms with van der Waals surface area (Å²) >= 11 is 5.84. The predicted molar refractivity (Wildman–Crippen MR) is 63.3 cm³/mol. The number of rotatable bonds is 5. The Morgan fingerprint density at radius 3 is 2.81 bits per heavy atom. The Morgan fingerprint density at radius 2 is 2.31 bits per heavy atom. The van der Waals surface area contributed by atoms with Gasteiger partial charge in [-0.15, -0.1) is 0 Å². The van der Waals surface area contributed by atoms with Crippen molar-refractivity contribution < 1.29 is 14.6 Å². The minimum absolute atomic E-state index is 0.477. The molecule has 0 heterocycles. The van der Waals surface area contributed by atoms with E-state index in [4.69, 9.17) is 21.4 Å². The highest BCUT2D eigenvalue weighted by Crippen LogP contribution is 2.28. The van der Waals surface area contributed by atoms with Gasteiger partial charge in [0.25, 0.3) is 0 Å². The van der Waals surface area contributed by atoms with E-state index < -0.39 is 12.0 Å². The van der Waals surface area contributed by atoms with Gasteiger partial charge in [0.15, 0.2) is 0 Å². The summed E-state index contributed by atoms with van der Waals surface area (Å²) in [6, 6.07) is 4.38. The van der Waals surface area contributed by atoms with Crippen LogP contribution in [0.3, 0.4) is 0 Å². The van der Waals surface area contributed by atoms with Crippen LogP contribution in [0.25, 0.3) is 0 Å². The molecule has 4 nitrogen and oxygen atoms in total. The van der Waals surface area contributed by atoms with Gasteiger partial charge in [-0.3, -0.25) is 0 Å². The van der Waals surface area contributed by atoms with Crippen molar-refractivity contribution in [1.82, 2.24) is 0 Å². The molecule has 0 aliphatic heterocycles. The maximum Gasteiger partial charge on any atom is 0.326 e. The number of carboxylic acid groups (broad SMARTS) is 1. The van der Waals surface area contributed by atoms with Gasteiger partial charge >= 0.3 is 5.97 Å². The molecule has 16 heavy (non-hydrogen) atoms. The standard InChI is InChI=1S/C11H14ClNO3/c1-3-8(11(14)15)13-9-6-7(12)4-5-10(9)16-2/h4-6,8,13H,3H2,1-2H3,(H,14,15). The SMILES string of the molecule is CCC(Nc1cc(Cl)ccc1OC)C(=O)O. The van der Waals surface area contributed by atoms with Crippen LogP contribution in [0.5, 0.6) is 5.75 Å². The molecule has 0 aliphatic rings. The molecular formula is C11H14ClNO3. The van der Waals surface area contributed by atoms with Crippen LogP contribution in [0.15, 0.2) is 18.2 Å². The summed E-state index contributed by atoms with van der Waals surface area (Å²) < 4.78 is 5.11. The number of nitrogens with one attached hydrogen (secondary N) is 1. The zero-order valence-electron chi connectivity index (χ0n) is 9.16. The Bertz CT molecular complexity index is 381. The first kappa shape index (κ1) is 12.6. The average Bonchev–Trinajstić information content (AvgIpc) is 2.25. The molecule has 1 atom stereocenters. The average molecular weight is 244 g/mol. The molecule has 5 heteroatoms. The number of hydrogen-bond acceptors (Lipinski definition) is 3. The number of halogens is 1. The van der Waals surface area contributed by atoms with Crippen molar-refractivity contribution in [3.05, 3.63) is 23.2 Å². The second kappa shape index (κ2) is 5.61. The van der Waals surface area contributed by atoms with E-state index in [1.165, 1.54) is 7.11 Å². The van der Waals surface area contributed by atoms with Gasteiger partial charge in [0, 0.05) is 5.02 Å². The smallest absolute Gasteiger partial charge is 0.326 e. The first-order valence-electron chi connectivity index (χ1n) is 4.91. The lowest BCUT2D eigenvalue weighted by Crippen LogP contribution is -2.28. The molecule has 0 bridgehead atoms. The maximum absolute atomic E-state index is 10.9. The van der Waals surface area contributed by atoms with Gasteiger partial charge in [-0.25, -0.2) is 4.79 Å². The van der Waals surface area contributed by atoms with Gasteiger partial charge in [0.05, 0.1) is 12.8 Å². The normalized spacial score (nSPS) is 11.9. The van der Waals surface area contributed by atoms with E-state index in [0.717, 1.165) is 0 Å². The third kappa shape index (κ3) is 3.03. The number of aliphatic carboxylic acids is 1. The lowest BCUT2D eigenvalue weighted by atomic mass is 10.2. The van der Waals surface area contributed by atoms with Gasteiger partial charge in [0.1, 0.15) is 11.8 Å². The second-order valence-corrected chi connectivity index (χ2v) is 3.72. The summed E-state index contributed by atoms with van der Waals surface area (Å²) in [7, 11) is 1.52. The molecular weight excluding hydrogens is 230 g/mol. The Labute approximate surface area is 99.2 Å². The van der Waals surface area contributed by atoms with E-state index in [1.807, 2.05) is 0 Å².